The van der Waals surface area contributed by atoms with E-state index in [1.807, 2.05) is 17.5 Å². The molecular weight excluding hydrogens is 272 g/mol. The van der Waals surface area contributed by atoms with Crippen LogP contribution in [0.1, 0.15) is 28.0 Å². The first-order valence-corrected chi connectivity index (χ1v) is 7.46. The fraction of sp³-hybridized carbons (Fsp3) is 0.286. The third-order valence-electron chi connectivity index (χ3n) is 3.32. The van der Waals surface area contributed by atoms with Gasteiger partial charge >= 0.3 is 0 Å². The molecule has 6 heteroatoms. The van der Waals surface area contributed by atoms with Crippen molar-refractivity contribution in [2.45, 2.75) is 19.4 Å². The van der Waals surface area contributed by atoms with E-state index in [1.165, 1.54) is 16.9 Å². The Bertz CT molecular complexity index is 638. The van der Waals surface area contributed by atoms with Gasteiger partial charge in [-0.3, -0.25) is 4.79 Å². The Morgan fingerprint density at radius 1 is 1.50 bits per heavy atom. The Morgan fingerprint density at radius 3 is 3.20 bits per heavy atom. The number of carbonyl (C=O) groups excluding carboxylic acids is 1. The summed E-state index contributed by atoms with van der Waals surface area (Å²) in [5.41, 5.74) is 9.24. The summed E-state index contributed by atoms with van der Waals surface area (Å²) in [6.07, 6.45) is 2.13. The highest BCUT2D eigenvalue weighted by Crippen LogP contribution is 2.26. The van der Waals surface area contributed by atoms with Crippen LogP contribution in [0, 0.1) is 0 Å². The van der Waals surface area contributed by atoms with Crippen LogP contribution >= 0.6 is 11.3 Å². The molecule has 1 aliphatic rings. The quantitative estimate of drug-likeness (QED) is 0.807. The highest BCUT2D eigenvalue weighted by molar-refractivity contribution is 7.13. The van der Waals surface area contributed by atoms with Gasteiger partial charge < -0.3 is 16.4 Å². The average molecular weight is 288 g/mol. The Morgan fingerprint density at radius 2 is 2.40 bits per heavy atom. The number of thiazole rings is 1. The minimum absolute atomic E-state index is 0.0807. The molecule has 1 aromatic heterocycles. The van der Waals surface area contributed by atoms with Crippen LogP contribution in [0.2, 0.25) is 0 Å². The molecule has 4 N–H and O–H groups in total. The molecule has 0 bridgehead atoms. The van der Waals surface area contributed by atoms with Crippen molar-refractivity contribution in [1.82, 2.24) is 10.3 Å². The highest BCUT2D eigenvalue weighted by atomic mass is 32.1. The van der Waals surface area contributed by atoms with Crippen LogP contribution < -0.4 is 16.4 Å². The Kier molecular flexibility index (Phi) is 3.56. The largest absolute Gasteiger partial charge is 0.384 e. The second kappa shape index (κ2) is 5.50. The number of fused-ring (bicyclic) bond motifs is 1. The third kappa shape index (κ3) is 2.60. The van der Waals surface area contributed by atoms with Gasteiger partial charge in [-0.25, -0.2) is 4.98 Å². The van der Waals surface area contributed by atoms with Gasteiger partial charge in [-0.1, -0.05) is 12.1 Å². The molecule has 2 aromatic rings. The molecule has 1 amide bonds. The molecule has 0 saturated carbocycles. The summed E-state index contributed by atoms with van der Waals surface area (Å²) >= 11 is 1.38. The molecule has 0 saturated heterocycles. The van der Waals surface area contributed by atoms with Gasteiger partial charge in [0.2, 0.25) is 0 Å². The van der Waals surface area contributed by atoms with Crippen LogP contribution in [0.3, 0.4) is 0 Å². The molecule has 104 valence electrons. The van der Waals surface area contributed by atoms with Gasteiger partial charge in [0.05, 0.1) is 23.5 Å². The number of aryl methyl sites for hydroxylation is 1. The second-order valence-corrected chi connectivity index (χ2v) is 5.62. The third-order valence-corrected chi connectivity index (χ3v) is 4.04. The van der Waals surface area contributed by atoms with E-state index < -0.39 is 0 Å². The SMILES string of the molecule is Nc1nc(CNC(=O)c2cccc3c2NCCC3)cs1. The number of amides is 1. The predicted molar refractivity (Wildman–Crippen MR) is 80.9 cm³/mol. The van der Waals surface area contributed by atoms with E-state index in [0.717, 1.165) is 30.8 Å². The van der Waals surface area contributed by atoms with Crippen LogP contribution in [0.4, 0.5) is 10.8 Å². The van der Waals surface area contributed by atoms with E-state index in [0.29, 0.717) is 17.2 Å². The number of hydrogen-bond donors (Lipinski definition) is 3. The first-order valence-electron chi connectivity index (χ1n) is 6.58. The van der Waals surface area contributed by atoms with Gasteiger partial charge in [-0.05, 0) is 24.5 Å². The Hall–Kier alpha value is -2.08. The summed E-state index contributed by atoms with van der Waals surface area (Å²) in [7, 11) is 0. The van der Waals surface area contributed by atoms with Gasteiger partial charge in [0.1, 0.15) is 0 Å². The number of nitrogens with one attached hydrogen (secondary N) is 2. The predicted octanol–water partition coefficient (Wildman–Crippen LogP) is 2.01. The number of benzene rings is 1. The lowest BCUT2D eigenvalue weighted by molar-refractivity contribution is 0.0951. The van der Waals surface area contributed by atoms with E-state index in [1.54, 1.807) is 0 Å². The lowest BCUT2D eigenvalue weighted by Crippen LogP contribution is -2.25. The molecule has 0 aliphatic carbocycles. The number of rotatable bonds is 3. The number of nitrogen functional groups attached to an aromatic ring is 1. The molecule has 5 nitrogen and oxygen atoms in total. The van der Waals surface area contributed by atoms with Crippen LogP contribution in [-0.4, -0.2) is 17.4 Å². The summed E-state index contributed by atoms with van der Waals surface area (Å²) in [5.74, 6) is -0.0807. The fourth-order valence-corrected chi connectivity index (χ4v) is 2.93. The summed E-state index contributed by atoms with van der Waals surface area (Å²) in [6.45, 7) is 1.32. The summed E-state index contributed by atoms with van der Waals surface area (Å²) in [5, 5.41) is 8.59. The number of nitrogens with zero attached hydrogens (tertiary/aromatic N) is 1. The monoisotopic (exact) mass is 288 g/mol. The number of carbonyl (C=O) groups is 1. The minimum atomic E-state index is -0.0807. The van der Waals surface area contributed by atoms with Gasteiger partial charge in [0, 0.05) is 11.9 Å². The first kappa shape index (κ1) is 12.9. The lowest BCUT2D eigenvalue weighted by atomic mass is 9.99. The normalized spacial score (nSPS) is 13.4. The molecule has 3 rings (SSSR count). The van der Waals surface area contributed by atoms with E-state index in [4.69, 9.17) is 5.73 Å². The van der Waals surface area contributed by atoms with Gasteiger partial charge in [-0.15, -0.1) is 11.3 Å². The van der Waals surface area contributed by atoms with Crippen molar-refractivity contribution in [3.05, 3.63) is 40.4 Å². The summed E-state index contributed by atoms with van der Waals surface area (Å²) in [4.78, 5) is 16.4. The molecule has 0 fully saturated rings. The van der Waals surface area contributed by atoms with Crippen molar-refractivity contribution in [1.29, 1.82) is 0 Å². The van der Waals surface area contributed by atoms with Crippen LogP contribution in [0.15, 0.2) is 23.6 Å². The van der Waals surface area contributed by atoms with Crippen LogP contribution in [0.25, 0.3) is 0 Å². The number of hydrogen-bond acceptors (Lipinski definition) is 5. The topological polar surface area (TPSA) is 80.0 Å². The highest BCUT2D eigenvalue weighted by Gasteiger charge is 2.17. The average Bonchev–Trinajstić information content (AvgIpc) is 2.90. The van der Waals surface area contributed by atoms with E-state index >= 15 is 0 Å². The van der Waals surface area contributed by atoms with Crippen LogP contribution in [0.5, 0.6) is 0 Å². The zero-order valence-corrected chi connectivity index (χ0v) is 11.8. The maximum Gasteiger partial charge on any atom is 0.253 e. The summed E-state index contributed by atoms with van der Waals surface area (Å²) < 4.78 is 0. The molecule has 0 unspecified atom stereocenters. The van der Waals surface area contributed by atoms with Crippen molar-refractivity contribution >= 4 is 28.1 Å². The first-order chi connectivity index (χ1) is 9.74. The number of nitrogens with two attached hydrogens (primary N) is 1. The molecular formula is C14H16N4OS. The molecule has 0 atom stereocenters. The zero-order valence-electron chi connectivity index (χ0n) is 11.0. The number of aromatic nitrogens is 1. The van der Waals surface area contributed by atoms with Crippen molar-refractivity contribution in [3.8, 4) is 0 Å². The maximum absolute atomic E-state index is 12.3. The molecule has 1 aromatic carbocycles. The van der Waals surface area contributed by atoms with Crippen molar-refractivity contribution < 1.29 is 4.79 Å². The molecule has 0 spiro atoms. The van der Waals surface area contributed by atoms with Crippen molar-refractivity contribution in [2.75, 3.05) is 17.6 Å². The van der Waals surface area contributed by atoms with E-state index in [2.05, 4.69) is 21.7 Å². The van der Waals surface area contributed by atoms with Crippen molar-refractivity contribution in [3.63, 3.8) is 0 Å². The van der Waals surface area contributed by atoms with Gasteiger partial charge in [0.15, 0.2) is 5.13 Å². The zero-order chi connectivity index (χ0) is 13.9. The fourth-order valence-electron chi connectivity index (χ4n) is 2.37. The number of para-hydroxylation sites is 1. The second-order valence-electron chi connectivity index (χ2n) is 4.73. The van der Waals surface area contributed by atoms with Gasteiger partial charge in [-0.2, -0.15) is 0 Å². The van der Waals surface area contributed by atoms with Gasteiger partial charge in [0.25, 0.3) is 5.91 Å². The van der Waals surface area contributed by atoms with E-state index in [-0.39, 0.29) is 5.91 Å². The van der Waals surface area contributed by atoms with Crippen molar-refractivity contribution in [2.24, 2.45) is 0 Å². The Labute approximate surface area is 121 Å². The van der Waals surface area contributed by atoms with Crippen LogP contribution in [-0.2, 0) is 13.0 Å². The molecule has 20 heavy (non-hydrogen) atoms. The summed E-state index contributed by atoms with van der Waals surface area (Å²) in [6, 6.07) is 5.85. The minimum Gasteiger partial charge on any atom is -0.384 e. The standard InChI is InChI=1S/C14H16N4OS/c15-14-18-10(8-20-14)7-17-13(19)11-5-1-3-9-4-2-6-16-12(9)11/h1,3,5,8,16H,2,4,6-7H2,(H2,15,18)(H,17,19). The van der Waals surface area contributed by atoms with E-state index in [9.17, 15) is 4.79 Å². The molecule has 0 radical (unpaired) electrons. The smallest absolute Gasteiger partial charge is 0.253 e. The maximum atomic E-state index is 12.3. The Balaban J connectivity index is 1.74. The lowest BCUT2D eigenvalue weighted by Gasteiger charge is -2.20. The number of anilines is 2. The molecule has 2 heterocycles. The molecule has 1 aliphatic heterocycles.